The van der Waals surface area contributed by atoms with E-state index in [1.165, 1.54) is 4.31 Å². The SMILES string of the molecule is O=C1CCCCN1c1ccc(S(=O)(=O)N(Cc2ccccc2)c2ccccc2)cc1. The van der Waals surface area contributed by atoms with E-state index in [2.05, 4.69) is 0 Å². The topological polar surface area (TPSA) is 57.7 Å². The Morgan fingerprint density at radius 2 is 1.43 bits per heavy atom. The van der Waals surface area contributed by atoms with Gasteiger partial charge in [-0.2, -0.15) is 0 Å². The zero-order valence-corrected chi connectivity index (χ0v) is 17.5. The summed E-state index contributed by atoms with van der Waals surface area (Å²) in [6, 6.07) is 25.3. The number of anilines is 2. The van der Waals surface area contributed by atoms with Gasteiger partial charge in [0, 0.05) is 18.7 Å². The highest BCUT2D eigenvalue weighted by atomic mass is 32.2. The minimum atomic E-state index is -3.78. The molecule has 1 amide bonds. The maximum absolute atomic E-state index is 13.5. The third kappa shape index (κ3) is 4.24. The zero-order chi connectivity index (χ0) is 21.0. The fraction of sp³-hybridized carbons (Fsp3) is 0.208. The Bertz CT molecular complexity index is 1100. The van der Waals surface area contributed by atoms with Gasteiger partial charge in [-0.15, -0.1) is 0 Å². The second-order valence-corrected chi connectivity index (χ2v) is 9.19. The highest BCUT2D eigenvalue weighted by molar-refractivity contribution is 7.92. The average Bonchev–Trinajstić information content (AvgIpc) is 2.79. The Hall–Kier alpha value is -3.12. The second-order valence-electron chi connectivity index (χ2n) is 7.33. The van der Waals surface area contributed by atoms with E-state index < -0.39 is 10.0 Å². The maximum atomic E-state index is 13.5. The van der Waals surface area contributed by atoms with Gasteiger partial charge in [0.05, 0.1) is 17.1 Å². The molecule has 3 aromatic carbocycles. The van der Waals surface area contributed by atoms with Gasteiger partial charge < -0.3 is 4.90 Å². The van der Waals surface area contributed by atoms with Gasteiger partial charge >= 0.3 is 0 Å². The van der Waals surface area contributed by atoms with Crippen molar-refractivity contribution in [2.24, 2.45) is 0 Å². The summed E-state index contributed by atoms with van der Waals surface area (Å²) in [5.41, 5.74) is 2.25. The lowest BCUT2D eigenvalue weighted by Crippen LogP contribution is -2.35. The normalized spacial score (nSPS) is 14.5. The van der Waals surface area contributed by atoms with Crippen LogP contribution in [0.4, 0.5) is 11.4 Å². The minimum Gasteiger partial charge on any atom is -0.312 e. The van der Waals surface area contributed by atoms with Gasteiger partial charge in [-0.1, -0.05) is 48.5 Å². The molecule has 1 aliphatic heterocycles. The van der Waals surface area contributed by atoms with E-state index in [9.17, 15) is 13.2 Å². The highest BCUT2D eigenvalue weighted by Gasteiger charge is 2.26. The molecule has 30 heavy (non-hydrogen) atoms. The molecule has 6 heteroatoms. The second kappa shape index (κ2) is 8.71. The van der Waals surface area contributed by atoms with Crippen LogP contribution in [0.25, 0.3) is 0 Å². The number of piperidine rings is 1. The number of sulfonamides is 1. The zero-order valence-electron chi connectivity index (χ0n) is 16.6. The van der Waals surface area contributed by atoms with Crippen molar-refractivity contribution in [3.63, 3.8) is 0 Å². The van der Waals surface area contributed by atoms with Crippen LogP contribution in [-0.2, 0) is 21.4 Å². The molecule has 0 aliphatic carbocycles. The van der Waals surface area contributed by atoms with Crippen LogP contribution in [0.15, 0.2) is 89.8 Å². The molecule has 1 aliphatic rings. The molecule has 4 rings (SSSR count). The number of carbonyl (C=O) groups is 1. The molecule has 0 radical (unpaired) electrons. The van der Waals surface area contributed by atoms with E-state index in [1.807, 2.05) is 48.5 Å². The molecular formula is C24H24N2O3S. The number of benzene rings is 3. The Balaban J connectivity index is 1.67. The summed E-state index contributed by atoms with van der Waals surface area (Å²) in [6.07, 6.45) is 2.41. The first kappa shape index (κ1) is 20.2. The molecule has 0 spiro atoms. The van der Waals surface area contributed by atoms with E-state index >= 15 is 0 Å². The van der Waals surface area contributed by atoms with Crippen molar-refractivity contribution >= 4 is 27.3 Å². The molecule has 154 valence electrons. The molecule has 5 nitrogen and oxygen atoms in total. The van der Waals surface area contributed by atoms with Crippen molar-refractivity contribution in [2.45, 2.75) is 30.7 Å². The first-order chi connectivity index (χ1) is 14.6. The van der Waals surface area contributed by atoms with Crippen molar-refractivity contribution in [3.8, 4) is 0 Å². The molecule has 1 saturated heterocycles. The molecule has 0 aromatic heterocycles. The average molecular weight is 421 g/mol. The summed E-state index contributed by atoms with van der Waals surface area (Å²) in [6.45, 7) is 0.911. The lowest BCUT2D eigenvalue weighted by atomic mass is 10.1. The summed E-state index contributed by atoms with van der Waals surface area (Å²) >= 11 is 0. The van der Waals surface area contributed by atoms with Crippen LogP contribution in [0, 0.1) is 0 Å². The predicted octanol–water partition coefficient (Wildman–Crippen LogP) is 4.60. The first-order valence-electron chi connectivity index (χ1n) is 10.1. The Kier molecular flexibility index (Phi) is 5.86. The van der Waals surface area contributed by atoms with Gasteiger partial charge in [0.15, 0.2) is 0 Å². The number of hydrogen-bond donors (Lipinski definition) is 0. The molecule has 3 aromatic rings. The van der Waals surface area contributed by atoms with Gasteiger partial charge in [-0.25, -0.2) is 8.42 Å². The van der Waals surface area contributed by atoms with Crippen molar-refractivity contribution < 1.29 is 13.2 Å². The first-order valence-corrected chi connectivity index (χ1v) is 11.5. The highest BCUT2D eigenvalue weighted by Crippen LogP contribution is 2.28. The maximum Gasteiger partial charge on any atom is 0.264 e. The van der Waals surface area contributed by atoms with Crippen LogP contribution in [0.5, 0.6) is 0 Å². The summed E-state index contributed by atoms with van der Waals surface area (Å²) in [7, 11) is -3.78. The Morgan fingerprint density at radius 1 is 0.800 bits per heavy atom. The number of nitrogens with zero attached hydrogens (tertiary/aromatic N) is 2. The minimum absolute atomic E-state index is 0.0897. The smallest absolute Gasteiger partial charge is 0.264 e. The van der Waals surface area contributed by atoms with Crippen molar-refractivity contribution in [1.29, 1.82) is 0 Å². The summed E-state index contributed by atoms with van der Waals surface area (Å²) in [4.78, 5) is 14.1. The Labute approximate surface area is 177 Å². The molecule has 1 heterocycles. The molecule has 0 atom stereocenters. The van der Waals surface area contributed by atoms with Gasteiger partial charge in [0.2, 0.25) is 5.91 Å². The standard InChI is InChI=1S/C24H24N2O3S/c27-24-13-7-8-18-25(24)21-14-16-23(17-15-21)30(28,29)26(22-11-5-2-6-12-22)19-20-9-3-1-4-10-20/h1-6,9-12,14-17H,7-8,13,18-19H2. The van der Waals surface area contributed by atoms with E-state index in [0.29, 0.717) is 18.7 Å². The number of amides is 1. The lowest BCUT2D eigenvalue weighted by Gasteiger charge is -2.27. The lowest BCUT2D eigenvalue weighted by molar-refractivity contribution is -0.119. The van der Waals surface area contributed by atoms with Crippen LogP contribution in [0.3, 0.4) is 0 Å². The predicted molar refractivity (Wildman–Crippen MR) is 119 cm³/mol. The van der Waals surface area contributed by atoms with E-state index in [-0.39, 0.29) is 17.3 Å². The van der Waals surface area contributed by atoms with Crippen LogP contribution in [0.1, 0.15) is 24.8 Å². The van der Waals surface area contributed by atoms with Gasteiger partial charge in [-0.05, 0) is 54.8 Å². The largest absolute Gasteiger partial charge is 0.312 e. The number of hydrogen-bond acceptors (Lipinski definition) is 3. The number of carbonyl (C=O) groups excluding carboxylic acids is 1. The van der Waals surface area contributed by atoms with Gasteiger partial charge in [0.1, 0.15) is 0 Å². The van der Waals surface area contributed by atoms with Crippen molar-refractivity contribution in [2.75, 3.05) is 15.7 Å². The molecule has 0 bridgehead atoms. The monoisotopic (exact) mass is 420 g/mol. The molecule has 0 N–H and O–H groups in total. The van der Waals surface area contributed by atoms with E-state index in [0.717, 1.165) is 24.1 Å². The third-order valence-corrected chi connectivity index (χ3v) is 7.06. The number of rotatable bonds is 6. The summed E-state index contributed by atoms with van der Waals surface area (Å²) in [5.74, 6) is 0.0897. The summed E-state index contributed by atoms with van der Waals surface area (Å²) < 4.78 is 28.5. The fourth-order valence-corrected chi connectivity index (χ4v) is 5.12. The van der Waals surface area contributed by atoms with Crippen molar-refractivity contribution in [3.05, 3.63) is 90.5 Å². The Morgan fingerprint density at radius 3 is 2.07 bits per heavy atom. The van der Waals surface area contributed by atoms with Gasteiger partial charge in [-0.3, -0.25) is 9.10 Å². The quantitative estimate of drug-likeness (QED) is 0.586. The molecule has 1 fully saturated rings. The molecule has 0 unspecified atom stereocenters. The third-order valence-electron chi connectivity index (χ3n) is 5.27. The molecule has 0 saturated carbocycles. The summed E-state index contributed by atoms with van der Waals surface area (Å²) in [5, 5.41) is 0. The van der Waals surface area contributed by atoms with Crippen LogP contribution in [0.2, 0.25) is 0 Å². The van der Waals surface area contributed by atoms with E-state index in [4.69, 9.17) is 0 Å². The van der Waals surface area contributed by atoms with E-state index in [1.54, 1.807) is 41.3 Å². The van der Waals surface area contributed by atoms with Crippen LogP contribution < -0.4 is 9.21 Å². The van der Waals surface area contributed by atoms with Crippen molar-refractivity contribution in [1.82, 2.24) is 0 Å². The van der Waals surface area contributed by atoms with Crippen LogP contribution >= 0.6 is 0 Å². The molecular weight excluding hydrogens is 396 g/mol. The van der Waals surface area contributed by atoms with Gasteiger partial charge in [0.25, 0.3) is 10.0 Å². The van der Waals surface area contributed by atoms with Crippen LogP contribution in [-0.4, -0.2) is 20.9 Å². The number of para-hydroxylation sites is 1. The fourth-order valence-electron chi connectivity index (χ4n) is 3.66.